The summed E-state index contributed by atoms with van der Waals surface area (Å²) in [5, 5.41) is -0.216. The summed E-state index contributed by atoms with van der Waals surface area (Å²) in [7, 11) is 0. The van der Waals surface area contributed by atoms with Crippen molar-refractivity contribution in [2.45, 2.75) is 39.5 Å². The maximum absolute atomic E-state index is 11.2. The van der Waals surface area contributed by atoms with Crippen LogP contribution in [-0.4, -0.2) is 16.9 Å². The molecule has 4 heteroatoms. The van der Waals surface area contributed by atoms with Gasteiger partial charge in [0.25, 0.3) is 0 Å². The molecule has 0 saturated carbocycles. The zero-order valence-electron chi connectivity index (χ0n) is 9.43. The van der Waals surface area contributed by atoms with Crippen molar-refractivity contribution in [3.8, 4) is 0 Å². The largest absolute Gasteiger partial charge is 0.299 e. The van der Waals surface area contributed by atoms with E-state index < -0.39 is 10.8 Å². The van der Waals surface area contributed by atoms with Crippen molar-refractivity contribution in [2.24, 2.45) is 5.41 Å². The molecule has 0 radical (unpaired) electrons. The first-order valence-corrected chi connectivity index (χ1v) is 5.53. The minimum atomic E-state index is -0.584. The summed E-state index contributed by atoms with van der Waals surface area (Å²) in [5.74, 6) is -0.193. The van der Waals surface area contributed by atoms with Crippen LogP contribution < -0.4 is 0 Å². The Balaban J connectivity index is 4.56. The van der Waals surface area contributed by atoms with Crippen LogP contribution in [0.5, 0.6) is 0 Å². The Kier molecular flexibility index (Phi) is 5.54. The monoisotopic (exact) mass is 250 g/mol. The van der Waals surface area contributed by atoms with Crippen LogP contribution in [0.3, 0.4) is 0 Å². The fourth-order valence-electron chi connectivity index (χ4n) is 0.867. The molecule has 0 aromatic heterocycles. The zero-order valence-corrected chi connectivity index (χ0v) is 10.9. The lowest BCUT2D eigenvalue weighted by Crippen LogP contribution is -2.21. The van der Waals surface area contributed by atoms with Crippen LogP contribution in [0.25, 0.3) is 0 Å². The smallest absolute Gasteiger partial charge is 0.174 e. The molecule has 0 aliphatic heterocycles. The van der Waals surface area contributed by atoms with E-state index in [1.807, 2.05) is 0 Å². The number of carbonyl (C=O) groups is 2. The van der Waals surface area contributed by atoms with Gasteiger partial charge in [0.15, 0.2) is 5.78 Å². The van der Waals surface area contributed by atoms with Gasteiger partial charge in [-0.1, -0.05) is 25.4 Å². The third kappa shape index (κ3) is 5.33. The molecule has 0 aromatic carbocycles. The molecule has 0 saturated heterocycles. The molecule has 1 atom stereocenters. The molecule has 0 bridgehead atoms. The standard InChI is InChI=1S/C11H16Cl2O2/c1-7(12)10(15)5-9(13)6-11(3,4)8(2)14/h5,7H,6H2,1-4H3/b9-5-. The highest BCUT2D eigenvalue weighted by molar-refractivity contribution is 6.36. The first kappa shape index (κ1) is 14.7. The van der Waals surface area contributed by atoms with Crippen LogP contribution in [-0.2, 0) is 9.59 Å². The van der Waals surface area contributed by atoms with Gasteiger partial charge in [-0.2, -0.15) is 0 Å². The van der Waals surface area contributed by atoms with Crippen molar-refractivity contribution < 1.29 is 9.59 Å². The van der Waals surface area contributed by atoms with E-state index in [2.05, 4.69) is 0 Å². The number of hydrogen-bond acceptors (Lipinski definition) is 2. The van der Waals surface area contributed by atoms with Crippen molar-refractivity contribution in [1.29, 1.82) is 0 Å². The highest BCUT2D eigenvalue weighted by Gasteiger charge is 2.24. The summed E-state index contributed by atoms with van der Waals surface area (Å²) in [6.07, 6.45) is 1.66. The molecule has 0 aliphatic carbocycles. The maximum Gasteiger partial charge on any atom is 0.174 e. The Hall–Kier alpha value is -0.340. The van der Waals surface area contributed by atoms with Crippen LogP contribution in [0.1, 0.15) is 34.1 Å². The lowest BCUT2D eigenvalue weighted by molar-refractivity contribution is -0.124. The molecule has 0 aliphatic rings. The summed E-state index contributed by atoms with van der Waals surface area (Å²) in [5.41, 5.74) is -0.538. The number of Topliss-reactive ketones (excluding diaryl/α,β-unsaturated/α-hetero) is 1. The van der Waals surface area contributed by atoms with Gasteiger partial charge in [-0.25, -0.2) is 0 Å². The van der Waals surface area contributed by atoms with E-state index in [9.17, 15) is 9.59 Å². The number of carbonyl (C=O) groups excluding carboxylic acids is 2. The third-order valence-electron chi connectivity index (χ3n) is 2.25. The summed E-state index contributed by atoms with van der Waals surface area (Å²) in [6, 6.07) is 0. The molecule has 0 aromatic rings. The van der Waals surface area contributed by atoms with Crippen LogP contribution >= 0.6 is 23.2 Å². The van der Waals surface area contributed by atoms with E-state index >= 15 is 0 Å². The zero-order chi connectivity index (χ0) is 12.2. The number of allylic oxidation sites excluding steroid dienone is 2. The van der Waals surface area contributed by atoms with Crippen molar-refractivity contribution in [3.63, 3.8) is 0 Å². The fourth-order valence-corrected chi connectivity index (χ4v) is 1.37. The molecule has 0 heterocycles. The summed E-state index contributed by atoms with van der Waals surface area (Å²) in [6.45, 7) is 6.68. The highest BCUT2D eigenvalue weighted by atomic mass is 35.5. The van der Waals surface area contributed by atoms with Gasteiger partial charge in [0.1, 0.15) is 5.78 Å². The number of alkyl halides is 1. The Morgan fingerprint density at radius 3 is 2.20 bits per heavy atom. The van der Waals surface area contributed by atoms with Gasteiger partial charge in [-0.05, 0) is 26.3 Å². The van der Waals surface area contributed by atoms with E-state index in [0.29, 0.717) is 11.5 Å². The molecule has 1 unspecified atom stereocenters. The fraction of sp³-hybridized carbons (Fsp3) is 0.636. The molecule has 0 fully saturated rings. The average Bonchev–Trinajstić information content (AvgIpc) is 2.01. The Morgan fingerprint density at radius 1 is 1.40 bits per heavy atom. The van der Waals surface area contributed by atoms with Gasteiger partial charge >= 0.3 is 0 Å². The predicted molar refractivity (Wildman–Crippen MR) is 63.3 cm³/mol. The van der Waals surface area contributed by atoms with Crippen molar-refractivity contribution >= 4 is 34.8 Å². The maximum atomic E-state index is 11.2. The minimum Gasteiger partial charge on any atom is -0.299 e. The Bertz CT molecular complexity index is 291. The quantitative estimate of drug-likeness (QED) is 0.555. The van der Waals surface area contributed by atoms with Crippen molar-refractivity contribution in [2.75, 3.05) is 0 Å². The molecule has 86 valence electrons. The third-order valence-corrected chi connectivity index (χ3v) is 2.71. The van der Waals surface area contributed by atoms with Gasteiger partial charge in [0.2, 0.25) is 0 Å². The highest BCUT2D eigenvalue weighted by Crippen LogP contribution is 2.28. The first-order chi connectivity index (χ1) is 6.66. The van der Waals surface area contributed by atoms with Crippen molar-refractivity contribution in [3.05, 3.63) is 11.1 Å². The van der Waals surface area contributed by atoms with E-state index in [1.54, 1.807) is 20.8 Å². The van der Waals surface area contributed by atoms with Gasteiger partial charge < -0.3 is 0 Å². The van der Waals surface area contributed by atoms with Crippen LogP contribution in [0, 0.1) is 5.41 Å². The second-order valence-electron chi connectivity index (χ2n) is 4.23. The molecular formula is C11H16Cl2O2. The predicted octanol–water partition coefficient (Wildman–Crippen LogP) is 3.31. The molecular weight excluding hydrogens is 235 g/mol. The van der Waals surface area contributed by atoms with Crippen molar-refractivity contribution in [1.82, 2.24) is 0 Å². The minimum absolute atomic E-state index is 0.0421. The van der Waals surface area contributed by atoms with Crippen LogP contribution in [0.4, 0.5) is 0 Å². The van der Waals surface area contributed by atoms with E-state index in [0.717, 1.165) is 0 Å². The number of hydrogen-bond donors (Lipinski definition) is 0. The summed E-state index contributed by atoms with van der Waals surface area (Å²) < 4.78 is 0. The van der Waals surface area contributed by atoms with Crippen LogP contribution in [0.15, 0.2) is 11.1 Å². The topological polar surface area (TPSA) is 34.1 Å². The SMILES string of the molecule is CC(=O)C(C)(C)C/C(Cl)=C/C(=O)C(C)Cl. The van der Waals surface area contributed by atoms with Gasteiger partial charge in [-0.15, -0.1) is 11.6 Å². The van der Waals surface area contributed by atoms with Gasteiger partial charge in [-0.3, -0.25) is 9.59 Å². The van der Waals surface area contributed by atoms with Gasteiger partial charge in [0.05, 0.1) is 5.38 Å². The number of rotatable bonds is 5. The van der Waals surface area contributed by atoms with Crippen LogP contribution in [0.2, 0.25) is 0 Å². The lowest BCUT2D eigenvalue weighted by Gasteiger charge is -2.20. The van der Waals surface area contributed by atoms with E-state index in [-0.39, 0.29) is 11.6 Å². The normalized spacial score (nSPS) is 14.9. The second kappa shape index (κ2) is 5.66. The lowest BCUT2D eigenvalue weighted by atomic mass is 9.85. The van der Waals surface area contributed by atoms with E-state index in [1.165, 1.54) is 13.0 Å². The molecule has 0 amide bonds. The molecule has 0 rings (SSSR count). The molecule has 0 N–H and O–H groups in total. The number of halogens is 2. The van der Waals surface area contributed by atoms with E-state index in [4.69, 9.17) is 23.2 Å². The molecule has 15 heavy (non-hydrogen) atoms. The molecule has 2 nitrogen and oxygen atoms in total. The Labute approximate surface area is 101 Å². The number of ketones is 2. The Morgan fingerprint density at radius 2 is 1.87 bits per heavy atom. The summed E-state index contributed by atoms with van der Waals surface area (Å²) >= 11 is 11.5. The summed E-state index contributed by atoms with van der Waals surface area (Å²) in [4.78, 5) is 22.5. The molecule has 0 spiro atoms. The second-order valence-corrected chi connectivity index (χ2v) is 5.37. The van der Waals surface area contributed by atoms with Gasteiger partial charge in [0, 0.05) is 10.4 Å². The average molecular weight is 251 g/mol. The first-order valence-electron chi connectivity index (χ1n) is 4.72.